The minimum absolute atomic E-state index is 0.233. The van der Waals surface area contributed by atoms with E-state index in [9.17, 15) is 5.11 Å². The predicted octanol–water partition coefficient (Wildman–Crippen LogP) is 2.53. The van der Waals surface area contributed by atoms with Gasteiger partial charge in [0.05, 0.1) is 5.60 Å². The second-order valence-electron chi connectivity index (χ2n) is 3.14. The summed E-state index contributed by atoms with van der Waals surface area (Å²) in [4.78, 5) is 0. The number of allylic oxidation sites excluding steroid dienone is 2. The highest BCUT2D eigenvalue weighted by atomic mass is 16.3. The van der Waals surface area contributed by atoms with E-state index in [0.29, 0.717) is 0 Å². The summed E-state index contributed by atoms with van der Waals surface area (Å²) in [6, 6.07) is 0. The smallest absolute Gasteiger partial charge is 0.0825 e. The molecule has 0 rings (SSSR count). The average Bonchev–Trinajstić information content (AvgIpc) is 2.00. The Morgan fingerprint density at radius 2 is 2.18 bits per heavy atom. The first-order chi connectivity index (χ1) is 5.04. The van der Waals surface area contributed by atoms with Crippen LogP contribution in [0, 0.1) is 5.92 Å². The lowest BCUT2D eigenvalue weighted by atomic mass is 9.88. The lowest BCUT2D eigenvalue weighted by Gasteiger charge is -2.25. The van der Waals surface area contributed by atoms with Gasteiger partial charge in [0.2, 0.25) is 0 Å². The monoisotopic (exact) mass is 154 g/mol. The van der Waals surface area contributed by atoms with Crippen molar-refractivity contribution in [2.45, 2.75) is 32.8 Å². The van der Waals surface area contributed by atoms with Gasteiger partial charge in [0.1, 0.15) is 0 Å². The summed E-state index contributed by atoms with van der Waals surface area (Å²) in [6.07, 6.45) is 6.55. The highest BCUT2D eigenvalue weighted by molar-refractivity contribution is 4.98. The van der Waals surface area contributed by atoms with Gasteiger partial charge in [0.15, 0.2) is 0 Å². The third kappa shape index (κ3) is 3.38. The molecule has 0 aliphatic rings. The molecule has 0 aliphatic carbocycles. The van der Waals surface area contributed by atoms with Crippen molar-refractivity contribution in [2.24, 2.45) is 5.92 Å². The number of hydrogen-bond donors (Lipinski definition) is 1. The lowest BCUT2D eigenvalue weighted by molar-refractivity contribution is 0.0560. The highest BCUT2D eigenvalue weighted by Crippen LogP contribution is 2.21. The normalized spacial score (nSPS) is 19.6. The van der Waals surface area contributed by atoms with Crippen LogP contribution in [0.5, 0.6) is 0 Å². The zero-order valence-electron chi connectivity index (χ0n) is 7.67. The van der Waals surface area contributed by atoms with Crippen LogP contribution in [0.25, 0.3) is 0 Å². The standard InChI is InChI=1S/C10H18O/c1-5-7-8-9(3)10(4,11)6-2/h5-7,9,11H,2,8H2,1,3-4H3. The maximum Gasteiger partial charge on any atom is 0.0825 e. The lowest BCUT2D eigenvalue weighted by Crippen LogP contribution is -2.29. The van der Waals surface area contributed by atoms with E-state index in [1.807, 2.05) is 19.9 Å². The van der Waals surface area contributed by atoms with Gasteiger partial charge in [-0.05, 0) is 26.2 Å². The molecule has 2 atom stereocenters. The molecular formula is C10H18O. The molecule has 1 nitrogen and oxygen atoms in total. The Morgan fingerprint density at radius 1 is 1.64 bits per heavy atom. The summed E-state index contributed by atoms with van der Waals surface area (Å²) in [6.45, 7) is 9.37. The minimum atomic E-state index is -0.737. The molecule has 0 spiro atoms. The molecule has 0 aromatic carbocycles. The molecule has 0 saturated heterocycles. The Kier molecular flexibility index (Phi) is 4.12. The van der Waals surface area contributed by atoms with Gasteiger partial charge in [-0.2, -0.15) is 0 Å². The van der Waals surface area contributed by atoms with Gasteiger partial charge in [-0.25, -0.2) is 0 Å². The first-order valence-electron chi connectivity index (χ1n) is 4.01. The maximum absolute atomic E-state index is 9.67. The fraction of sp³-hybridized carbons (Fsp3) is 0.600. The Morgan fingerprint density at radius 3 is 2.55 bits per heavy atom. The van der Waals surface area contributed by atoms with Crippen molar-refractivity contribution in [1.29, 1.82) is 0 Å². The van der Waals surface area contributed by atoms with Crippen molar-refractivity contribution >= 4 is 0 Å². The van der Waals surface area contributed by atoms with E-state index in [0.717, 1.165) is 6.42 Å². The van der Waals surface area contributed by atoms with Crippen LogP contribution >= 0.6 is 0 Å². The van der Waals surface area contributed by atoms with Crippen molar-refractivity contribution in [1.82, 2.24) is 0 Å². The largest absolute Gasteiger partial charge is 0.386 e. The summed E-state index contributed by atoms with van der Waals surface area (Å²) in [5, 5.41) is 9.67. The topological polar surface area (TPSA) is 20.2 Å². The van der Waals surface area contributed by atoms with Crippen molar-refractivity contribution in [2.75, 3.05) is 0 Å². The molecule has 1 N–H and O–H groups in total. The third-order valence-corrected chi connectivity index (χ3v) is 2.14. The Hall–Kier alpha value is -0.560. The third-order valence-electron chi connectivity index (χ3n) is 2.14. The van der Waals surface area contributed by atoms with Crippen LogP contribution in [0.4, 0.5) is 0 Å². The molecule has 0 fully saturated rings. The average molecular weight is 154 g/mol. The molecule has 0 radical (unpaired) electrons. The number of aliphatic hydroxyl groups is 1. The summed E-state index contributed by atoms with van der Waals surface area (Å²) >= 11 is 0. The van der Waals surface area contributed by atoms with Crippen molar-refractivity contribution in [3.63, 3.8) is 0 Å². The summed E-state index contributed by atoms with van der Waals surface area (Å²) in [5.74, 6) is 0.233. The summed E-state index contributed by atoms with van der Waals surface area (Å²) in [5.41, 5.74) is -0.737. The van der Waals surface area contributed by atoms with Crippen LogP contribution < -0.4 is 0 Å². The predicted molar refractivity (Wildman–Crippen MR) is 49.4 cm³/mol. The van der Waals surface area contributed by atoms with E-state index in [-0.39, 0.29) is 5.92 Å². The molecule has 0 heterocycles. The van der Waals surface area contributed by atoms with E-state index in [1.165, 1.54) is 0 Å². The van der Waals surface area contributed by atoms with Crippen LogP contribution in [-0.2, 0) is 0 Å². The number of hydrogen-bond acceptors (Lipinski definition) is 1. The van der Waals surface area contributed by atoms with Gasteiger partial charge < -0.3 is 5.11 Å². The van der Waals surface area contributed by atoms with Gasteiger partial charge in [-0.3, -0.25) is 0 Å². The molecule has 64 valence electrons. The molecule has 0 aliphatic heterocycles. The van der Waals surface area contributed by atoms with E-state index < -0.39 is 5.60 Å². The van der Waals surface area contributed by atoms with Gasteiger partial charge in [-0.1, -0.05) is 25.2 Å². The minimum Gasteiger partial charge on any atom is -0.386 e. The van der Waals surface area contributed by atoms with Gasteiger partial charge >= 0.3 is 0 Å². The van der Waals surface area contributed by atoms with E-state index in [2.05, 4.69) is 12.7 Å². The van der Waals surface area contributed by atoms with Gasteiger partial charge in [-0.15, -0.1) is 6.58 Å². The molecule has 0 bridgehead atoms. The van der Waals surface area contributed by atoms with Crippen LogP contribution in [0.1, 0.15) is 27.2 Å². The van der Waals surface area contributed by atoms with Gasteiger partial charge in [0.25, 0.3) is 0 Å². The first kappa shape index (κ1) is 10.4. The van der Waals surface area contributed by atoms with Gasteiger partial charge in [0, 0.05) is 0 Å². The SMILES string of the molecule is C=CC(C)(O)C(C)CC=CC. The second kappa shape index (κ2) is 4.35. The van der Waals surface area contributed by atoms with Crippen LogP contribution in [0.15, 0.2) is 24.8 Å². The van der Waals surface area contributed by atoms with Crippen LogP contribution in [0.2, 0.25) is 0 Å². The molecule has 0 amide bonds. The fourth-order valence-electron chi connectivity index (χ4n) is 0.780. The fourth-order valence-corrected chi connectivity index (χ4v) is 0.780. The Balaban J connectivity index is 4.00. The first-order valence-corrected chi connectivity index (χ1v) is 4.01. The quantitative estimate of drug-likeness (QED) is 0.617. The van der Waals surface area contributed by atoms with E-state index in [1.54, 1.807) is 13.0 Å². The van der Waals surface area contributed by atoms with E-state index in [4.69, 9.17) is 0 Å². The molecule has 11 heavy (non-hydrogen) atoms. The van der Waals surface area contributed by atoms with Crippen LogP contribution in [-0.4, -0.2) is 10.7 Å². The zero-order chi connectivity index (χ0) is 8.91. The van der Waals surface area contributed by atoms with E-state index >= 15 is 0 Å². The molecular weight excluding hydrogens is 136 g/mol. The molecule has 0 saturated carbocycles. The Bertz CT molecular complexity index is 145. The summed E-state index contributed by atoms with van der Waals surface area (Å²) in [7, 11) is 0. The maximum atomic E-state index is 9.67. The zero-order valence-corrected chi connectivity index (χ0v) is 7.67. The molecule has 2 unspecified atom stereocenters. The van der Waals surface area contributed by atoms with Crippen molar-refractivity contribution in [3.05, 3.63) is 24.8 Å². The second-order valence-corrected chi connectivity index (χ2v) is 3.14. The highest BCUT2D eigenvalue weighted by Gasteiger charge is 2.22. The van der Waals surface area contributed by atoms with Crippen molar-refractivity contribution in [3.8, 4) is 0 Å². The molecule has 1 heteroatoms. The van der Waals surface area contributed by atoms with Crippen molar-refractivity contribution < 1.29 is 5.11 Å². The summed E-state index contributed by atoms with van der Waals surface area (Å²) < 4.78 is 0. The Labute approximate surface area is 69.4 Å². The molecule has 0 aromatic heterocycles. The molecule has 0 aromatic rings. The van der Waals surface area contributed by atoms with Crippen LogP contribution in [0.3, 0.4) is 0 Å². The number of rotatable bonds is 4.